The topological polar surface area (TPSA) is 48.9 Å². The molecular weight excluding hydrogens is 451 g/mol. The Kier molecular flexibility index (Phi) is 11.3. The summed E-state index contributed by atoms with van der Waals surface area (Å²) >= 11 is 0. The van der Waals surface area contributed by atoms with E-state index >= 15 is 0 Å². The molecule has 0 aromatic heterocycles. The van der Waals surface area contributed by atoms with Crippen LogP contribution in [0.15, 0.2) is 35.3 Å². The standard InChI is InChI=1S/C21H36N4O.HI/c1-16(2)25-12-18(4)20(13-25)24-21(22-5)23-11-17(3)14-26-15-19-9-7-6-8-10-19;/h6-10,16-18,20H,11-15H2,1-5H3,(H2,22,23,24);1H. The van der Waals surface area contributed by atoms with Gasteiger partial charge in [0.05, 0.1) is 13.2 Å². The molecule has 1 fully saturated rings. The van der Waals surface area contributed by atoms with E-state index in [9.17, 15) is 0 Å². The number of rotatable bonds is 8. The quantitative estimate of drug-likeness (QED) is 0.335. The number of aliphatic imine (C=N–C) groups is 1. The fourth-order valence-corrected chi connectivity index (χ4v) is 3.27. The summed E-state index contributed by atoms with van der Waals surface area (Å²) in [4.78, 5) is 6.91. The first-order chi connectivity index (χ1) is 12.5. The van der Waals surface area contributed by atoms with Gasteiger partial charge in [-0.3, -0.25) is 9.89 Å². The minimum atomic E-state index is 0. The first-order valence-corrected chi connectivity index (χ1v) is 9.82. The molecule has 1 heterocycles. The second-order valence-electron chi connectivity index (χ2n) is 7.83. The number of hydrogen-bond donors (Lipinski definition) is 2. The SMILES string of the molecule is CN=C(NCC(C)COCc1ccccc1)NC1CN(C(C)C)CC1C.I. The van der Waals surface area contributed by atoms with Crippen LogP contribution in [0.2, 0.25) is 0 Å². The van der Waals surface area contributed by atoms with Crippen LogP contribution in [0.1, 0.15) is 33.3 Å². The van der Waals surface area contributed by atoms with Crippen molar-refractivity contribution < 1.29 is 4.74 Å². The van der Waals surface area contributed by atoms with E-state index in [0.717, 1.165) is 32.2 Å². The van der Waals surface area contributed by atoms with Gasteiger partial charge in [0.25, 0.3) is 0 Å². The zero-order chi connectivity index (χ0) is 18.9. The number of nitrogens with one attached hydrogen (secondary N) is 2. The Morgan fingerprint density at radius 2 is 1.93 bits per heavy atom. The van der Waals surface area contributed by atoms with E-state index in [1.807, 2.05) is 25.2 Å². The lowest BCUT2D eigenvalue weighted by Gasteiger charge is -2.22. The summed E-state index contributed by atoms with van der Waals surface area (Å²) in [5, 5.41) is 7.04. The predicted octanol–water partition coefficient (Wildman–Crippen LogP) is 3.35. The summed E-state index contributed by atoms with van der Waals surface area (Å²) in [6, 6.07) is 11.4. The Labute approximate surface area is 182 Å². The van der Waals surface area contributed by atoms with E-state index in [1.54, 1.807) is 0 Å². The number of nitrogens with zero attached hydrogens (tertiary/aromatic N) is 2. The molecule has 27 heavy (non-hydrogen) atoms. The van der Waals surface area contributed by atoms with Gasteiger partial charge >= 0.3 is 0 Å². The lowest BCUT2D eigenvalue weighted by Crippen LogP contribution is -2.47. The Morgan fingerprint density at radius 3 is 2.52 bits per heavy atom. The third-order valence-corrected chi connectivity index (χ3v) is 5.05. The summed E-state index contributed by atoms with van der Waals surface area (Å²) in [7, 11) is 1.84. The smallest absolute Gasteiger partial charge is 0.191 e. The molecule has 2 rings (SSSR count). The van der Waals surface area contributed by atoms with Crippen molar-refractivity contribution in [3.05, 3.63) is 35.9 Å². The van der Waals surface area contributed by atoms with Crippen LogP contribution in [0.25, 0.3) is 0 Å². The van der Waals surface area contributed by atoms with Crippen LogP contribution in [0, 0.1) is 11.8 Å². The molecule has 0 radical (unpaired) electrons. The third kappa shape index (κ3) is 8.35. The highest BCUT2D eigenvalue weighted by Crippen LogP contribution is 2.18. The molecule has 3 atom stereocenters. The van der Waals surface area contributed by atoms with Gasteiger partial charge in [0.15, 0.2) is 5.96 Å². The number of benzene rings is 1. The molecule has 0 bridgehead atoms. The minimum Gasteiger partial charge on any atom is -0.376 e. The summed E-state index contributed by atoms with van der Waals surface area (Å²) in [5.74, 6) is 1.94. The molecule has 1 saturated heterocycles. The maximum absolute atomic E-state index is 5.83. The fourth-order valence-electron chi connectivity index (χ4n) is 3.27. The summed E-state index contributed by atoms with van der Waals surface area (Å²) < 4.78 is 5.83. The third-order valence-electron chi connectivity index (χ3n) is 5.05. The Morgan fingerprint density at radius 1 is 1.22 bits per heavy atom. The van der Waals surface area contributed by atoms with Gasteiger partial charge in [-0.05, 0) is 31.2 Å². The highest BCUT2D eigenvalue weighted by molar-refractivity contribution is 14.0. The molecule has 1 aliphatic heterocycles. The number of ether oxygens (including phenoxy) is 1. The number of halogens is 1. The molecule has 3 unspecified atom stereocenters. The molecule has 5 nitrogen and oxygen atoms in total. The van der Waals surface area contributed by atoms with E-state index in [4.69, 9.17) is 4.74 Å². The average molecular weight is 488 g/mol. The average Bonchev–Trinajstić information content (AvgIpc) is 3.00. The zero-order valence-electron chi connectivity index (χ0n) is 17.4. The van der Waals surface area contributed by atoms with Gasteiger partial charge in [-0.25, -0.2) is 0 Å². The van der Waals surface area contributed by atoms with Gasteiger partial charge in [-0.2, -0.15) is 0 Å². The Hall–Kier alpha value is -0.860. The monoisotopic (exact) mass is 488 g/mol. The van der Waals surface area contributed by atoms with Crippen molar-refractivity contribution in [2.75, 3.05) is 33.3 Å². The molecule has 0 saturated carbocycles. The Bertz CT molecular complexity index is 552. The van der Waals surface area contributed by atoms with E-state index in [2.05, 4.69) is 60.4 Å². The first kappa shape index (κ1) is 24.2. The van der Waals surface area contributed by atoms with Crippen molar-refractivity contribution in [1.82, 2.24) is 15.5 Å². The summed E-state index contributed by atoms with van der Waals surface area (Å²) in [6.07, 6.45) is 0. The zero-order valence-corrected chi connectivity index (χ0v) is 19.8. The second-order valence-corrected chi connectivity index (χ2v) is 7.83. The molecule has 0 aliphatic carbocycles. The van der Waals surface area contributed by atoms with E-state index in [1.165, 1.54) is 5.56 Å². The molecule has 1 aromatic rings. The van der Waals surface area contributed by atoms with Gasteiger partial charge in [0.1, 0.15) is 0 Å². The van der Waals surface area contributed by atoms with Gasteiger partial charge in [-0.15, -0.1) is 24.0 Å². The van der Waals surface area contributed by atoms with E-state index in [0.29, 0.717) is 30.5 Å². The predicted molar refractivity (Wildman–Crippen MR) is 125 cm³/mol. The largest absolute Gasteiger partial charge is 0.376 e. The van der Waals surface area contributed by atoms with Gasteiger partial charge < -0.3 is 15.4 Å². The van der Waals surface area contributed by atoms with Crippen LogP contribution in [-0.2, 0) is 11.3 Å². The molecule has 6 heteroatoms. The van der Waals surface area contributed by atoms with Crippen molar-refractivity contribution in [3.8, 4) is 0 Å². The maximum Gasteiger partial charge on any atom is 0.191 e. The molecule has 0 amide bonds. The molecule has 1 aromatic carbocycles. The normalized spacial score (nSPS) is 21.8. The van der Waals surface area contributed by atoms with Gasteiger partial charge in [0, 0.05) is 38.8 Å². The van der Waals surface area contributed by atoms with Gasteiger partial charge in [0.2, 0.25) is 0 Å². The van der Waals surface area contributed by atoms with Crippen LogP contribution in [0.4, 0.5) is 0 Å². The number of hydrogen-bond acceptors (Lipinski definition) is 3. The number of likely N-dealkylation sites (tertiary alicyclic amines) is 1. The van der Waals surface area contributed by atoms with Crippen LogP contribution in [0.3, 0.4) is 0 Å². The maximum atomic E-state index is 5.83. The van der Waals surface area contributed by atoms with Crippen molar-refractivity contribution >= 4 is 29.9 Å². The molecule has 154 valence electrons. The van der Waals surface area contributed by atoms with Crippen molar-refractivity contribution in [1.29, 1.82) is 0 Å². The fraction of sp³-hybridized carbons (Fsp3) is 0.667. The molecule has 0 spiro atoms. The summed E-state index contributed by atoms with van der Waals surface area (Å²) in [6.45, 7) is 13.5. The highest BCUT2D eigenvalue weighted by atomic mass is 127. The van der Waals surface area contributed by atoms with E-state index < -0.39 is 0 Å². The number of guanidine groups is 1. The van der Waals surface area contributed by atoms with Crippen LogP contribution >= 0.6 is 24.0 Å². The lowest BCUT2D eigenvalue weighted by molar-refractivity contribution is 0.0931. The molecule has 2 N–H and O–H groups in total. The van der Waals surface area contributed by atoms with Crippen LogP contribution in [0.5, 0.6) is 0 Å². The van der Waals surface area contributed by atoms with Crippen molar-refractivity contribution in [2.45, 2.75) is 46.4 Å². The van der Waals surface area contributed by atoms with Crippen molar-refractivity contribution in [3.63, 3.8) is 0 Å². The molecular formula is C21H37IN4O. The summed E-state index contributed by atoms with van der Waals surface area (Å²) in [5.41, 5.74) is 1.22. The van der Waals surface area contributed by atoms with Gasteiger partial charge in [-0.1, -0.05) is 44.2 Å². The lowest BCUT2D eigenvalue weighted by atomic mass is 10.1. The van der Waals surface area contributed by atoms with Crippen molar-refractivity contribution in [2.24, 2.45) is 16.8 Å². The minimum absolute atomic E-state index is 0. The first-order valence-electron chi connectivity index (χ1n) is 9.82. The van der Waals surface area contributed by atoms with E-state index in [-0.39, 0.29) is 24.0 Å². The highest BCUT2D eigenvalue weighted by Gasteiger charge is 2.31. The Balaban J connectivity index is 0.00000364. The van der Waals surface area contributed by atoms with Crippen LogP contribution < -0.4 is 10.6 Å². The molecule has 1 aliphatic rings. The van der Waals surface area contributed by atoms with Crippen LogP contribution in [-0.4, -0.2) is 56.2 Å². The second kappa shape index (κ2) is 12.6.